The molecule has 0 radical (unpaired) electrons. The molecule has 0 unspecified atom stereocenters. The maximum Gasteiger partial charge on any atom is 0.242 e. The van der Waals surface area contributed by atoms with Crippen LogP contribution in [0.15, 0.2) is 42.9 Å². The largest absolute Gasteiger partial charge is 0.360 e. The van der Waals surface area contributed by atoms with Gasteiger partial charge < -0.3 is 15.1 Å². The molecule has 2 fully saturated rings. The third kappa shape index (κ3) is 5.12. The van der Waals surface area contributed by atoms with Crippen LogP contribution in [0.2, 0.25) is 0 Å². The summed E-state index contributed by atoms with van der Waals surface area (Å²) in [5.74, 6) is 0.310. The Bertz CT molecular complexity index is 1200. The van der Waals surface area contributed by atoms with E-state index in [1.807, 2.05) is 9.80 Å². The highest BCUT2D eigenvalue weighted by atomic mass is 19.1. The van der Waals surface area contributed by atoms with E-state index in [2.05, 4.69) is 20.2 Å². The molecule has 2 saturated heterocycles. The molecule has 0 saturated carbocycles. The van der Waals surface area contributed by atoms with E-state index in [9.17, 15) is 14.0 Å². The summed E-state index contributed by atoms with van der Waals surface area (Å²) in [5, 5.41) is 3.19. The Kier molecular flexibility index (Phi) is 6.89. The number of hydrogen-bond donors (Lipinski definition) is 1. The number of anilines is 1. The molecule has 5 rings (SSSR count). The molecule has 0 aliphatic carbocycles. The number of nitrogens with one attached hydrogen (secondary N) is 1. The smallest absolute Gasteiger partial charge is 0.242 e. The van der Waals surface area contributed by atoms with Crippen LogP contribution in [-0.4, -0.2) is 93.2 Å². The third-order valence-corrected chi connectivity index (χ3v) is 6.76. The number of carbonyl (C=O) groups is 2. The first kappa shape index (κ1) is 23.2. The van der Waals surface area contributed by atoms with E-state index >= 15 is 0 Å². The van der Waals surface area contributed by atoms with Crippen LogP contribution < -0.4 is 5.32 Å². The van der Waals surface area contributed by atoms with Gasteiger partial charge in [0.15, 0.2) is 5.65 Å². The molecule has 184 valence electrons. The van der Waals surface area contributed by atoms with Crippen molar-refractivity contribution < 1.29 is 14.0 Å². The minimum absolute atomic E-state index is 0.0458. The maximum atomic E-state index is 14.5. The predicted octanol–water partition coefficient (Wildman–Crippen LogP) is 2.10. The van der Waals surface area contributed by atoms with E-state index in [4.69, 9.17) is 0 Å². The SMILES string of the molecule is O=C(CNc1c(-c2ccccc2F)nc2cnccn12)N1CCN(CC(=O)N2CCCCC2)CC1. The molecular formula is C25H30FN7O2. The van der Waals surface area contributed by atoms with Crippen molar-refractivity contribution in [2.24, 2.45) is 0 Å². The van der Waals surface area contributed by atoms with Crippen LogP contribution in [0, 0.1) is 5.82 Å². The zero-order valence-electron chi connectivity index (χ0n) is 19.7. The van der Waals surface area contributed by atoms with Gasteiger partial charge in [0, 0.05) is 57.2 Å². The number of nitrogens with zero attached hydrogens (tertiary/aromatic N) is 6. The van der Waals surface area contributed by atoms with Gasteiger partial charge in [-0.3, -0.25) is 23.9 Å². The van der Waals surface area contributed by atoms with Crippen LogP contribution in [-0.2, 0) is 9.59 Å². The van der Waals surface area contributed by atoms with Crippen LogP contribution in [0.5, 0.6) is 0 Å². The zero-order valence-corrected chi connectivity index (χ0v) is 19.7. The molecule has 9 nitrogen and oxygen atoms in total. The molecule has 0 atom stereocenters. The first-order chi connectivity index (χ1) is 17.1. The Morgan fingerprint density at radius 3 is 2.46 bits per heavy atom. The minimum Gasteiger partial charge on any atom is -0.360 e. The fourth-order valence-electron chi connectivity index (χ4n) is 4.78. The molecule has 10 heteroatoms. The van der Waals surface area contributed by atoms with Gasteiger partial charge in [0.2, 0.25) is 11.8 Å². The summed E-state index contributed by atoms with van der Waals surface area (Å²) in [6.45, 7) is 4.69. The summed E-state index contributed by atoms with van der Waals surface area (Å²) < 4.78 is 16.3. The standard InChI is InChI=1S/C25H30FN7O2/c26-20-7-3-2-6-19(20)24-25(33-11-8-27-16-21(33)29-24)28-17-22(34)32-14-12-30(13-15-32)18-23(35)31-9-4-1-5-10-31/h2-3,6-8,11,16,28H,1,4-5,9-10,12-15,17-18H2. The van der Waals surface area contributed by atoms with E-state index in [1.54, 1.807) is 41.2 Å². The van der Waals surface area contributed by atoms with Crippen LogP contribution in [0.3, 0.4) is 0 Å². The Hall–Kier alpha value is -3.53. The number of rotatable bonds is 6. The van der Waals surface area contributed by atoms with Gasteiger partial charge in [0.05, 0.1) is 19.3 Å². The van der Waals surface area contributed by atoms with Gasteiger partial charge in [0.1, 0.15) is 17.3 Å². The normalized spacial score (nSPS) is 17.1. The summed E-state index contributed by atoms with van der Waals surface area (Å²) >= 11 is 0. The Labute approximate surface area is 203 Å². The second kappa shape index (κ2) is 10.4. The Balaban J connectivity index is 1.20. The lowest BCUT2D eigenvalue weighted by Crippen LogP contribution is -2.52. The number of fused-ring (bicyclic) bond motifs is 1. The van der Waals surface area contributed by atoms with Crippen molar-refractivity contribution in [3.05, 3.63) is 48.7 Å². The molecule has 1 aromatic carbocycles. The number of hydrogen-bond acceptors (Lipinski definition) is 6. The molecule has 1 N–H and O–H groups in total. The molecule has 2 aliphatic rings. The van der Waals surface area contributed by atoms with E-state index < -0.39 is 0 Å². The first-order valence-corrected chi connectivity index (χ1v) is 12.2. The van der Waals surface area contributed by atoms with Crippen LogP contribution in [0.1, 0.15) is 19.3 Å². The predicted molar refractivity (Wildman–Crippen MR) is 130 cm³/mol. The Morgan fingerprint density at radius 2 is 1.69 bits per heavy atom. The number of imidazole rings is 1. The van der Waals surface area contributed by atoms with Crippen molar-refractivity contribution in [3.8, 4) is 11.3 Å². The van der Waals surface area contributed by atoms with Gasteiger partial charge >= 0.3 is 0 Å². The van der Waals surface area contributed by atoms with E-state index in [1.165, 1.54) is 12.5 Å². The zero-order chi connectivity index (χ0) is 24.2. The van der Waals surface area contributed by atoms with Gasteiger partial charge in [-0.25, -0.2) is 9.37 Å². The fourth-order valence-corrected chi connectivity index (χ4v) is 4.78. The number of benzene rings is 1. The lowest BCUT2D eigenvalue weighted by atomic mass is 10.1. The topological polar surface area (TPSA) is 86.1 Å². The number of aromatic nitrogens is 3. The first-order valence-electron chi connectivity index (χ1n) is 12.2. The fraction of sp³-hybridized carbons (Fsp3) is 0.440. The second-order valence-electron chi connectivity index (χ2n) is 9.05. The van der Waals surface area contributed by atoms with E-state index in [0.717, 1.165) is 25.9 Å². The third-order valence-electron chi connectivity index (χ3n) is 6.76. The monoisotopic (exact) mass is 479 g/mol. The van der Waals surface area contributed by atoms with Crippen molar-refractivity contribution in [3.63, 3.8) is 0 Å². The highest BCUT2D eigenvalue weighted by Crippen LogP contribution is 2.30. The molecule has 4 heterocycles. The van der Waals surface area contributed by atoms with Crippen molar-refractivity contribution in [2.45, 2.75) is 19.3 Å². The van der Waals surface area contributed by atoms with Crippen molar-refractivity contribution in [1.82, 2.24) is 29.1 Å². The van der Waals surface area contributed by atoms with E-state index in [-0.39, 0.29) is 24.2 Å². The number of amides is 2. The minimum atomic E-state index is -0.381. The Morgan fingerprint density at radius 1 is 0.943 bits per heavy atom. The van der Waals surface area contributed by atoms with Crippen LogP contribution in [0.4, 0.5) is 10.2 Å². The van der Waals surface area contributed by atoms with E-state index in [0.29, 0.717) is 55.4 Å². The summed E-state index contributed by atoms with van der Waals surface area (Å²) in [7, 11) is 0. The maximum absolute atomic E-state index is 14.5. The molecule has 2 amide bonds. The van der Waals surface area contributed by atoms with Crippen molar-refractivity contribution in [1.29, 1.82) is 0 Å². The quantitative estimate of drug-likeness (QED) is 0.583. The summed E-state index contributed by atoms with van der Waals surface area (Å²) in [5.41, 5.74) is 1.36. The number of carbonyl (C=O) groups excluding carboxylic acids is 2. The highest BCUT2D eigenvalue weighted by molar-refractivity contribution is 5.84. The highest BCUT2D eigenvalue weighted by Gasteiger charge is 2.25. The molecule has 0 bridgehead atoms. The molecule has 0 spiro atoms. The summed E-state index contributed by atoms with van der Waals surface area (Å²) in [4.78, 5) is 40.1. The molecular weight excluding hydrogens is 449 g/mol. The average Bonchev–Trinajstić information content (AvgIpc) is 3.26. The lowest BCUT2D eigenvalue weighted by Gasteiger charge is -2.36. The number of halogens is 1. The second-order valence-corrected chi connectivity index (χ2v) is 9.05. The molecule has 2 aromatic heterocycles. The lowest BCUT2D eigenvalue weighted by molar-refractivity contribution is -0.135. The van der Waals surface area contributed by atoms with Crippen LogP contribution in [0.25, 0.3) is 16.9 Å². The van der Waals surface area contributed by atoms with Crippen molar-refractivity contribution >= 4 is 23.3 Å². The van der Waals surface area contributed by atoms with Gasteiger partial charge in [-0.15, -0.1) is 0 Å². The van der Waals surface area contributed by atoms with Gasteiger partial charge in [-0.05, 0) is 31.4 Å². The molecule has 35 heavy (non-hydrogen) atoms. The summed E-state index contributed by atoms with van der Waals surface area (Å²) in [6, 6.07) is 6.45. The number of piperidine rings is 1. The average molecular weight is 480 g/mol. The van der Waals surface area contributed by atoms with Crippen molar-refractivity contribution in [2.75, 3.05) is 57.7 Å². The number of likely N-dealkylation sites (tertiary alicyclic amines) is 1. The molecule has 2 aliphatic heterocycles. The van der Waals surface area contributed by atoms with Gasteiger partial charge in [0.25, 0.3) is 0 Å². The molecule has 3 aromatic rings. The van der Waals surface area contributed by atoms with Gasteiger partial charge in [-0.2, -0.15) is 0 Å². The summed E-state index contributed by atoms with van der Waals surface area (Å²) in [6.07, 6.45) is 8.33. The van der Waals surface area contributed by atoms with Gasteiger partial charge in [-0.1, -0.05) is 12.1 Å². The van der Waals surface area contributed by atoms with Crippen LogP contribution >= 0.6 is 0 Å². The number of piperazine rings is 1.